The number of nitrogens with zero attached hydrogens (tertiary/aromatic N) is 1. The van der Waals surface area contributed by atoms with Crippen molar-refractivity contribution < 1.29 is 9.90 Å². The number of rotatable bonds is 6. The van der Waals surface area contributed by atoms with Gasteiger partial charge >= 0.3 is 0 Å². The minimum absolute atomic E-state index is 0. The Balaban J connectivity index is 0.00000324. The Kier molecular flexibility index (Phi) is 9.40. The maximum Gasteiger partial charge on any atom is 0.222 e. The van der Waals surface area contributed by atoms with E-state index in [1.54, 1.807) is 11.8 Å². The summed E-state index contributed by atoms with van der Waals surface area (Å²) in [5.74, 6) is 1.36. The van der Waals surface area contributed by atoms with Crippen LogP contribution in [0.1, 0.15) is 39.5 Å². The third-order valence-electron chi connectivity index (χ3n) is 3.99. The van der Waals surface area contributed by atoms with Gasteiger partial charge in [-0.25, -0.2) is 0 Å². The van der Waals surface area contributed by atoms with E-state index in [4.69, 9.17) is 0 Å². The van der Waals surface area contributed by atoms with Crippen molar-refractivity contribution in [2.45, 2.75) is 45.6 Å². The molecule has 0 spiro atoms. The summed E-state index contributed by atoms with van der Waals surface area (Å²) in [6, 6.07) is 0. The van der Waals surface area contributed by atoms with E-state index in [0.29, 0.717) is 31.2 Å². The summed E-state index contributed by atoms with van der Waals surface area (Å²) in [4.78, 5) is 13.8. The lowest BCUT2D eigenvalue weighted by molar-refractivity contribution is -0.131. The molecule has 0 aromatic carbocycles. The first-order valence-corrected chi connectivity index (χ1v) is 7.13. The highest BCUT2D eigenvalue weighted by atomic mass is 35.5. The summed E-state index contributed by atoms with van der Waals surface area (Å²) in [5.41, 5.74) is 0. The van der Waals surface area contributed by atoms with E-state index in [2.05, 4.69) is 12.2 Å². The standard InChI is InChI=1S/C14H28N2O2.ClH/c1-11(13-4-7-15-8-5-13)10-14(18)16(3)9-6-12(2)17;/h11-13,15,17H,4-10H2,1-3H3;1H. The number of carbonyl (C=O) groups excluding carboxylic acids is 1. The van der Waals surface area contributed by atoms with Crippen molar-refractivity contribution in [3.63, 3.8) is 0 Å². The number of nitrogens with one attached hydrogen (secondary N) is 1. The number of hydrogen-bond donors (Lipinski definition) is 2. The molecule has 4 nitrogen and oxygen atoms in total. The highest BCUT2D eigenvalue weighted by Gasteiger charge is 2.23. The molecule has 1 aliphatic heterocycles. The number of halogens is 1. The monoisotopic (exact) mass is 292 g/mol. The van der Waals surface area contributed by atoms with E-state index in [-0.39, 0.29) is 24.4 Å². The number of piperidine rings is 1. The van der Waals surface area contributed by atoms with Crippen LogP contribution in [0.4, 0.5) is 0 Å². The van der Waals surface area contributed by atoms with Crippen LogP contribution in [-0.2, 0) is 4.79 Å². The van der Waals surface area contributed by atoms with Crippen LogP contribution >= 0.6 is 12.4 Å². The quantitative estimate of drug-likeness (QED) is 0.783. The van der Waals surface area contributed by atoms with Gasteiger partial charge in [-0.3, -0.25) is 4.79 Å². The molecule has 1 aliphatic rings. The lowest BCUT2D eigenvalue weighted by atomic mass is 9.84. The van der Waals surface area contributed by atoms with Crippen molar-refractivity contribution in [2.24, 2.45) is 11.8 Å². The maximum absolute atomic E-state index is 12.0. The SMILES string of the molecule is CC(O)CCN(C)C(=O)CC(C)C1CCNCC1.Cl. The van der Waals surface area contributed by atoms with Gasteiger partial charge in [0.1, 0.15) is 0 Å². The molecule has 0 aliphatic carbocycles. The first-order valence-electron chi connectivity index (χ1n) is 7.13. The zero-order valence-corrected chi connectivity index (χ0v) is 13.2. The van der Waals surface area contributed by atoms with Gasteiger partial charge in [0, 0.05) is 20.0 Å². The van der Waals surface area contributed by atoms with Crippen LogP contribution < -0.4 is 5.32 Å². The van der Waals surface area contributed by atoms with Gasteiger partial charge in [0.25, 0.3) is 0 Å². The van der Waals surface area contributed by atoms with Crippen LogP contribution in [0.5, 0.6) is 0 Å². The molecule has 19 heavy (non-hydrogen) atoms. The predicted molar refractivity (Wildman–Crippen MR) is 80.6 cm³/mol. The van der Waals surface area contributed by atoms with Crippen LogP contribution in [0.15, 0.2) is 0 Å². The summed E-state index contributed by atoms with van der Waals surface area (Å²) in [5, 5.41) is 12.6. The van der Waals surface area contributed by atoms with E-state index in [1.807, 2.05) is 7.05 Å². The molecule has 1 fully saturated rings. The molecule has 2 N–H and O–H groups in total. The van der Waals surface area contributed by atoms with Crippen molar-refractivity contribution in [3.8, 4) is 0 Å². The minimum Gasteiger partial charge on any atom is -0.393 e. The summed E-state index contributed by atoms with van der Waals surface area (Å²) in [7, 11) is 1.83. The number of amides is 1. The largest absolute Gasteiger partial charge is 0.393 e. The average molecular weight is 293 g/mol. The van der Waals surface area contributed by atoms with Crippen LogP contribution in [0.2, 0.25) is 0 Å². The molecule has 2 atom stereocenters. The molecule has 0 radical (unpaired) electrons. The highest BCUT2D eigenvalue weighted by molar-refractivity contribution is 5.85. The Bertz CT molecular complexity index is 256. The van der Waals surface area contributed by atoms with Gasteiger partial charge in [-0.05, 0) is 51.1 Å². The first-order chi connectivity index (χ1) is 8.50. The van der Waals surface area contributed by atoms with Gasteiger partial charge in [0.2, 0.25) is 5.91 Å². The van der Waals surface area contributed by atoms with Crippen molar-refractivity contribution in [2.75, 3.05) is 26.7 Å². The second-order valence-electron chi connectivity index (χ2n) is 5.72. The molecule has 1 amide bonds. The Hall–Kier alpha value is -0.320. The van der Waals surface area contributed by atoms with Crippen molar-refractivity contribution in [3.05, 3.63) is 0 Å². The third-order valence-corrected chi connectivity index (χ3v) is 3.99. The topological polar surface area (TPSA) is 52.6 Å². The summed E-state index contributed by atoms with van der Waals surface area (Å²) >= 11 is 0. The number of carbonyl (C=O) groups is 1. The smallest absolute Gasteiger partial charge is 0.222 e. The van der Waals surface area contributed by atoms with Crippen molar-refractivity contribution in [1.29, 1.82) is 0 Å². The van der Waals surface area contributed by atoms with E-state index in [0.717, 1.165) is 13.1 Å². The molecule has 0 saturated carbocycles. The molecule has 1 rings (SSSR count). The van der Waals surface area contributed by atoms with Crippen LogP contribution in [0, 0.1) is 11.8 Å². The van der Waals surface area contributed by atoms with Crippen LogP contribution in [-0.4, -0.2) is 48.7 Å². The maximum atomic E-state index is 12.0. The fourth-order valence-electron chi connectivity index (χ4n) is 2.52. The van der Waals surface area contributed by atoms with Crippen molar-refractivity contribution in [1.82, 2.24) is 10.2 Å². The summed E-state index contributed by atoms with van der Waals surface area (Å²) in [6.07, 6.45) is 3.34. The molecule has 0 aromatic rings. The van der Waals surface area contributed by atoms with E-state index < -0.39 is 0 Å². The number of aliphatic hydroxyl groups excluding tert-OH is 1. The third kappa shape index (κ3) is 7.14. The number of aliphatic hydroxyl groups is 1. The molecule has 0 aromatic heterocycles. The van der Waals surface area contributed by atoms with Gasteiger partial charge in [0.15, 0.2) is 0 Å². The summed E-state index contributed by atoms with van der Waals surface area (Å²) in [6.45, 7) is 6.77. The van der Waals surface area contributed by atoms with Crippen molar-refractivity contribution >= 4 is 18.3 Å². The van der Waals surface area contributed by atoms with Gasteiger partial charge in [-0.1, -0.05) is 6.92 Å². The molecule has 1 heterocycles. The molecule has 0 bridgehead atoms. The predicted octanol–water partition coefficient (Wildman–Crippen LogP) is 1.66. The fraction of sp³-hybridized carbons (Fsp3) is 0.929. The van der Waals surface area contributed by atoms with Gasteiger partial charge < -0.3 is 15.3 Å². The normalized spacial score (nSPS) is 19.4. The Labute approximate surface area is 123 Å². The molecule has 2 unspecified atom stereocenters. The molecular weight excluding hydrogens is 264 g/mol. The lowest BCUT2D eigenvalue weighted by Gasteiger charge is -2.29. The fourth-order valence-corrected chi connectivity index (χ4v) is 2.52. The minimum atomic E-state index is -0.331. The van der Waals surface area contributed by atoms with E-state index >= 15 is 0 Å². The van der Waals surface area contributed by atoms with E-state index in [1.165, 1.54) is 12.8 Å². The van der Waals surface area contributed by atoms with Gasteiger partial charge in [-0.2, -0.15) is 0 Å². The Morgan fingerprint density at radius 3 is 2.47 bits per heavy atom. The average Bonchev–Trinajstić information content (AvgIpc) is 2.36. The lowest BCUT2D eigenvalue weighted by Crippen LogP contribution is -2.35. The Morgan fingerprint density at radius 1 is 1.37 bits per heavy atom. The molecule has 114 valence electrons. The zero-order chi connectivity index (χ0) is 13.5. The van der Waals surface area contributed by atoms with Crippen LogP contribution in [0.3, 0.4) is 0 Å². The Morgan fingerprint density at radius 2 is 1.95 bits per heavy atom. The summed E-state index contributed by atoms with van der Waals surface area (Å²) < 4.78 is 0. The molecule has 1 saturated heterocycles. The zero-order valence-electron chi connectivity index (χ0n) is 12.4. The van der Waals surface area contributed by atoms with Gasteiger partial charge in [0.05, 0.1) is 6.10 Å². The van der Waals surface area contributed by atoms with E-state index in [9.17, 15) is 9.90 Å². The van der Waals surface area contributed by atoms with Gasteiger partial charge in [-0.15, -0.1) is 12.4 Å². The highest BCUT2D eigenvalue weighted by Crippen LogP contribution is 2.24. The second kappa shape index (κ2) is 9.56. The van der Waals surface area contributed by atoms with Crippen LogP contribution in [0.25, 0.3) is 0 Å². The molecular formula is C14H29ClN2O2. The first kappa shape index (κ1) is 18.7. The number of hydrogen-bond acceptors (Lipinski definition) is 3. The molecule has 5 heteroatoms. The second-order valence-corrected chi connectivity index (χ2v) is 5.72.